The highest BCUT2D eigenvalue weighted by Crippen LogP contribution is 1.69. The fourth-order valence-electron chi connectivity index (χ4n) is 0.160. The van der Waals surface area contributed by atoms with Crippen LogP contribution in [0.15, 0.2) is 12.8 Å². The molecular formula is C4H4N2O2. The number of nitrogens with zero attached hydrogens (tertiary/aromatic N) is 2. The summed E-state index contributed by atoms with van der Waals surface area (Å²) in [4.78, 5) is 12.4. The second kappa shape index (κ2) is 3.77. The lowest BCUT2D eigenvalue weighted by Gasteiger charge is -1.80. The van der Waals surface area contributed by atoms with Gasteiger partial charge >= 0.3 is 12.2 Å². The molecule has 0 aromatic carbocycles. The predicted octanol–water partition coefficient (Wildman–Crippen LogP) is -0.0263. The Labute approximate surface area is 46.0 Å². The number of esters is 1. The van der Waals surface area contributed by atoms with Gasteiger partial charge in [0.15, 0.2) is 0 Å². The number of hydrogen-bond donors (Lipinski definition) is 0. The Morgan fingerprint density at radius 1 is 1.88 bits per heavy atom. The zero-order valence-corrected chi connectivity index (χ0v) is 4.07. The van der Waals surface area contributed by atoms with Crippen molar-refractivity contribution in [3.05, 3.63) is 18.4 Å². The van der Waals surface area contributed by atoms with Gasteiger partial charge in [-0.2, -0.15) is 4.79 Å². The molecule has 0 spiro atoms. The van der Waals surface area contributed by atoms with E-state index in [1.165, 1.54) is 0 Å². The van der Waals surface area contributed by atoms with Crippen molar-refractivity contribution in [2.45, 2.75) is 0 Å². The topological polar surface area (TPSA) is 62.7 Å². The van der Waals surface area contributed by atoms with Crippen molar-refractivity contribution >= 4 is 12.2 Å². The first kappa shape index (κ1) is 6.59. The molecule has 0 fully saturated rings. The molecule has 0 N–H and O–H groups in total. The first-order valence-corrected chi connectivity index (χ1v) is 1.80. The second-order valence-electron chi connectivity index (χ2n) is 0.848. The van der Waals surface area contributed by atoms with Gasteiger partial charge in [0.25, 0.3) is 0 Å². The third-order valence-electron chi connectivity index (χ3n) is 0.363. The maximum atomic E-state index is 10.0. The van der Waals surface area contributed by atoms with E-state index in [0.29, 0.717) is 6.21 Å². The Kier molecular flexibility index (Phi) is 3.10. The molecule has 0 aliphatic heterocycles. The summed E-state index contributed by atoms with van der Waals surface area (Å²) in [5, 5.41) is 0. The van der Waals surface area contributed by atoms with Gasteiger partial charge in [-0.25, -0.2) is 4.79 Å². The van der Waals surface area contributed by atoms with E-state index in [2.05, 4.69) is 16.1 Å². The fraction of sp³-hybridized carbons (Fsp3) is 0. The minimum Gasteiger partial charge on any atom is -0.427 e. The second-order valence-corrected chi connectivity index (χ2v) is 0.848. The van der Waals surface area contributed by atoms with Gasteiger partial charge in [-0.15, -0.1) is 0 Å². The maximum Gasteiger partial charge on any atom is 0.418 e. The van der Waals surface area contributed by atoms with E-state index in [1.807, 2.05) is 0 Å². The number of rotatable bonds is 2. The normalized spacial score (nSPS) is 6.50. The lowest BCUT2D eigenvalue weighted by molar-refractivity contribution is -0.133. The Morgan fingerprint density at radius 2 is 2.50 bits per heavy atom. The molecule has 0 bridgehead atoms. The molecule has 4 heteroatoms. The Morgan fingerprint density at radius 3 is 2.88 bits per heavy atom. The highest BCUT2D eigenvalue weighted by molar-refractivity contribution is 6.20. The first-order valence-electron chi connectivity index (χ1n) is 1.80. The molecule has 8 heavy (non-hydrogen) atoms. The summed E-state index contributed by atoms with van der Waals surface area (Å²) in [5.74, 6) is -0.748. The van der Waals surface area contributed by atoms with Gasteiger partial charge in [-0.1, -0.05) is 6.58 Å². The zero-order chi connectivity index (χ0) is 6.41. The van der Waals surface area contributed by atoms with Crippen LogP contribution in [0.2, 0.25) is 0 Å². The molecule has 0 aliphatic rings. The van der Waals surface area contributed by atoms with Gasteiger partial charge in [0, 0.05) is 0 Å². The van der Waals surface area contributed by atoms with Crippen LogP contribution in [0.25, 0.3) is 5.53 Å². The SMILES string of the molecule is C=COC(=O)C=[N+]=[N-]. The Hall–Kier alpha value is -1.41. The van der Waals surface area contributed by atoms with Crippen LogP contribution in [0.5, 0.6) is 0 Å². The molecule has 0 saturated carbocycles. The third kappa shape index (κ3) is 2.81. The van der Waals surface area contributed by atoms with Crippen LogP contribution in [0.1, 0.15) is 0 Å². The van der Waals surface area contributed by atoms with Crippen molar-refractivity contribution in [2.75, 3.05) is 0 Å². The largest absolute Gasteiger partial charge is 0.427 e. The van der Waals surface area contributed by atoms with Gasteiger partial charge in [0.05, 0.1) is 6.26 Å². The standard InChI is InChI=1S/C4H4N2O2/c1-2-8-4(7)3-6-5/h2-3H,1H2. The Balaban J connectivity index is 3.65. The highest BCUT2D eigenvalue weighted by atomic mass is 16.5. The van der Waals surface area contributed by atoms with Crippen LogP contribution in [-0.2, 0) is 9.53 Å². The average molecular weight is 112 g/mol. The van der Waals surface area contributed by atoms with Crippen LogP contribution in [0.3, 0.4) is 0 Å². The van der Waals surface area contributed by atoms with Gasteiger partial charge in [0.1, 0.15) is 0 Å². The molecular weight excluding hydrogens is 108 g/mol. The number of hydrogen-bond acceptors (Lipinski definition) is 2. The van der Waals surface area contributed by atoms with Crippen LogP contribution in [0, 0.1) is 0 Å². The lowest BCUT2D eigenvalue weighted by atomic mass is 10.8. The average Bonchev–Trinajstić information content (AvgIpc) is 1.68. The molecule has 4 nitrogen and oxygen atoms in total. The van der Waals surface area contributed by atoms with Crippen LogP contribution < -0.4 is 0 Å². The molecule has 42 valence electrons. The molecule has 0 rings (SSSR count). The maximum absolute atomic E-state index is 10.0. The summed E-state index contributed by atoms with van der Waals surface area (Å²) in [7, 11) is 0. The number of ether oxygens (including phenoxy) is 1. The molecule has 0 atom stereocenters. The lowest BCUT2D eigenvalue weighted by Crippen LogP contribution is -1.99. The van der Waals surface area contributed by atoms with Crippen LogP contribution >= 0.6 is 0 Å². The number of carbonyl (C=O) groups is 1. The summed E-state index contributed by atoms with van der Waals surface area (Å²) < 4.78 is 4.10. The van der Waals surface area contributed by atoms with Crippen molar-refractivity contribution in [3.8, 4) is 0 Å². The minimum absolute atomic E-state index is 0.627. The molecule has 0 aromatic rings. The molecule has 0 amide bonds. The van der Waals surface area contributed by atoms with Gasteiger partial charge in [-0.3, -0.25) is 0 Å². The monoisotopic (exact) mass is 112 g/mol. The van der Waals surface area contributed by atoms with Crippen molar-refractivity contribution in [2.24, 2.45) is 0 Å². The fourth-order valence-corrected chi connectivity index (χ4v) is 0.160. The van der Waals surface area contributed by atoms with Gasteiger partial charge in [-0.05, 0) is 0 Å². The molecule has 0 aromatic heterocycles. The molecule has 0 aliphatic carbocycles. The van der Waals surface area contributed by atoms with Gasteiger partial charge in [0.2, 0.25) is 0 Å². The third-order valence-corrected chi connectivity index (χ3v) is 0.363. The molecule has 0 unspecified atom stereocenters. The summed E-state index contributed by atoms with van der Waals surface area (Å²) in [5.41, 5.74) is 7.70. The van der Waals surface area contributed by atoms with E-state index in [4.69, 9.17) is 5.53 Å². The van der Waals surface area contributed by atoms with Crippen LogP contribution in [-0.4, -0.2) is 17.0 Å². The summed E-state index contributed by atoms with van der Waals surface area (Å²) >= 11 is 0. The van der Waals surface area contributed by atoms with E-state index in [-0.39, 0.29) is 0 Å². The van der Waals surface area contributed by atoms with E-state index in [1.54, 1.807) is 0 Å². The quantitative estimate of drug-likeness (QED) is 0.165. The highest BCUT2D eigenvalue weighted by Gasteiger charge is 1.96. The minimum atomic E-state index is -0.748. The van der Waals surface area contributed by atoms with E-state index in [9.17, 15) is 4.79 Å². The Bertz CT molecular complexity index is 146. The van der Waals surface area contributed by atoms with E-state index >= 15 is 0 Å². The van der Waals surface area contributed by atoms with E-state index < -0.39 is 5.97 Å². The summed E-state index contributed by atoms with van der Waals surface area (Å²) in [6, 6.07) is 0. The molecule has 0 radical (unpaired) electrons. The van der Waals surface area contributed by atoms with Crippen molar-refractivity contribution in [1.29, 1.82) is 0 Å². The summed E-state index contributed by atoms with van der Waals surface area (Å²) in [6.07, 6.45) is 1.58. The molecule has 0 saturated heterocycles. The zero-order valence-electron chi connectivity index (χ0n) is 4.07. The molecule has 0 heterocycles. The van der Waals surface area contributed by atoms with Gasteiger partial charge < -0.3 is 10.3 Å². The van der Waals surface area contributed by atoms with E-state index in [0.717, 1.165) is 6.26 Å². The first-order chi connectivity index (χ1) is 3.81. The van der Waals surface area contributed by atoms with Crippen molar-refractivity contribution < 1.29 is 14.3 Å². The summed E-state index contributed by atoms with van der Waals surface area (Å²) in [6.45, 7) is 3.10. The van der Waals surface area contributed by atoms with Crippen molar-refractivity contribution in [3.63, 3.8) is 0 Å². The van der Waals surface area contributed by atoms with Crippen LogP contribution in [0.4, 0.5) is 0 Å². The smallest absolute Gasteiger partial charge is 0.418 e. The predicted molar refractivity (Wildman–Crippen MR) is 26.0 cm³/mol. The van der Waals surface area contributed by atoms with Crippen molar-refractivity contribution in [1.82, 2.24) is 0 Å². The number of carbonyl (C=O) groups excluding carboxylic acids is 1.